The van der Waals surface area contributed by atoms with Crippen LogP contribution in [0.4, 0.5) is 0 Å². The molecule has 29 heavy (non-hydrogen) atoms. The maximum absolute atomic E-state index is 12.5. The fourth-order valence-corrected chi connectivity index (χ4v) is 3.88. The molecule has 0 aliphatic carbocycles. The van der Waals surface area contributed by atoms with Crippen molar-refractivity contribution in [2.75, 3.05) is 13.2 Å². The van der Waals surface area contributed by atoms with Crippen LogP contribution in [-0.4, -0.2) is 24.8 Å². The summed E-state index contributed by atoms with van der Waals surface area (Å²) in [5.41, 5.74) is 1.37. The zero-order valence-corrected chi connectivity index (χ0v) is 16.7. The van der Waals surface area contributed by atoms with Crippen molar-refractivity contribution in [3.63, 3.8) is 0 Å². The largest absolute Gasteiger partial charge is 0.489 e. The number of hydrogen-bond acceptors (Lipinski definition) is 4. The van der Waals surface area contributed by atoms with Gasteiger partial charge in [0.2, 0.25) is 0 Å². The van der Waals surface area contributed by atoms with Gasteiger partial charge in [-0.2, -0.15) is 0 Å². The molecule has 0 radical (unpaired) electrons. The van der Waals surface area contributed by atoms with E-state index in [-0.39, 0.29) is 5.97 Å². The Morgan fingerprint density at radius 2 is 1.79 bits per heavy atom. The number of ether oxygens (including phenoxy) is 3. The van der Waals surface area contributed by atoms with E-state index in [4.69, 9.17) is 14.2 Å². The van der Waals surface area contributed by atoms with E-state index < -0.39 is 5.60 Å². The van der Waals surface area contributed by atoms with Crippen molar-refractivity contribution < 1.29 is 19.0 Å². The first-order chi connectivity index (χ1) is 14.2. The lowest BCUT2D eigenvalue weighted by Gasteiger charge is -2.26. The quantitative estimate of drug-likeness (QED) is 0.528. The second-order valence-corrected chi connectivity index (χ2v) is 7.46. The van der Waals surface area contributed by atoms with Gasteiger partial charge in [-0.25, -0.2) is 4.79 Å². The van der Waals surface area contributed by atoms with Gasteiger partial charge in [0.05, 0.1) is 6.61 Å². The molecule has 0 spiro atoms. The van der Waals surface area contributed by atoms with Crippen molar-refractivity contribution in [3.8, 4) is 5.75 Å². The molecule has 3 aromatic rings. The molecule has 0 amide bonds. The van der Waals surface area contributed by atoms with Gasteiger partial charge in [0.25, 0.3) is 0 Å². The molecule has 1 fully saturated rings. The van der Waals surface area contributed by atoms with Crippen molar-refractivity contribution in [2.24, 2.45) is 0 Å². The number of benzene rings is 3. The normalized spacial score (nSPS) is 18.7. The third kappa shape index (κ3) is 4.43. The molecule has 0 bridgehead atoms. The Morgan fingerprint density at radius 3 is 2.55 bits per heavy atom. The van der Waals surface area contributed by atoms with Crippen molar-refractivity contribution >= 4 is 16.7 Å². The van der Waals surface area contributed by atoms with Crippen LogP contribution in [0.3, 0.4) is 0 Å². The minimum absolute atomic E-state index is 0.248. The molecule has 0 saturated carbocycles. The molecule has 3 aromatic carbocycles. The number of fused-ring (bicyclic) bond motifs is 1. The molecule has 4 rings (SSSR count). The Hall–Kier alpha value is -2.85. The first kappa shape index (κ1) is 19.5. The van der Waals surface area contributed by atoms with Crippen molar-refractivity contribution in [1.82, 2.24) is 0 Å². The maximum atomic E-state index is 12.5. The van der Waals surface area contributed by atoms with Gasteiger partial charge < -0.3 is 14.2 Å². The number of hydrogen-bond donors (Lipinski definition) is 0. The van der Waals surface area contributed by atoms with Gasteiger partial charge in [-0.1, -0.05) is 54.6 Å². The lowest BCUT2D eigenvalue weighted by molar-refractivity contribution is -0.166. The lowest BCUT2D eigenvalue weighted by atomic mass is 9.90. The molecular weight excluding hydrogens is 364 g/mol. The Labute approximate surface area is 171 Å². The lowest BCUT2D eigenvalue weighted by Crippen LogP contribution is -2.41. The maximum Gasteiger partial charge on any atom is 0.338 e. The highest BCUT2D eigenvalue weighted by Gasteiger charge is 2.44. The highest BCUT2D eigenvalue weighted by atomic mass is 16.6. The van der Waals surface area contributed by atoms with Gasteiger partial charge in [0.15, 0.2) is 5.60 Å². The van der Waals surface area contributed by atoms with E-state index >= 15 is 0 Å². The average Bonchev–Trinajstić information content (AvgIpc) is 3.23. The van der Waals surface area contributed by atoms with Crippen molar-refractivity contribution in [1.29, 1.82) is 0 Å². The zero-order chi connectivity index (χ0) is 20.1. The van der Waals surface area contributed by atoms with Gasteiger partial charge in [-0.05, 0) is 53.8 Å². The highest BCUT2D eigenvalue weighted by molar-refractivity contribution is 5.85. The summed E-state index contributed by atoms with van der Waals surface area (Å²) in [4.78, 5) is 12.5. The zero-order valence-electron chi connectivity index (χ0n) is 16.7. The first-order valence-electron chi connectivity index (χ1n) is 10.2. The van der Waals surface area contributed by atoms with E-state index in [2.05, 4.69) is 42.5 Å². The smallest absolute Gasteiger partial charge is 0.338 e. The van der Waals surface area contributed by atoms with Crippen LogP contribution in [0.15, 0.2) is 66.7 Å². The Kier molecular flexibility index (Phi) is 5.81. The number of esters is 1. The summed E-state index contributed by atoms with van der Waals surface area (Å²) < 4.78 is 17.1. The monoisotopic (exact) mass is 390 g/mol. The summed E-state index contributed by atoms with van der Waals surface area (Å²) in [6, 6.07) is 22.5. The van der Waals surface area contributed by atoms with E-state index in [0.717, 1.165) is 34.1 Å². The van der Waals surface area contributed by atoms with Crippen LogP contribution in [0, 0.1) is 0 Å². The summed E-state index contributed by atoms with van der Waals surface area (Å²) in [6.07, 6.45) is 2.12. The topological polar surface area (TPSA) is 44.8 Å². The number of carbonyl (C=O) groups is 1. The molecule has 1 saturated heterocycles. The molecule has 150 valence electrons. The second kappa shape index (κ2) is 8.66. The molecule has 1 aliphatic heterocycles. The van der Waals surface area contributed by atoms with Gasteiger partial charge >= 0.3 is 5.97 Å². The summed E-state index contributed by atoms with van der Waals surface area (Å²) in [6.45, 7) is 3.35. The molecule has 0 aromatic heterocycles. The van der Waals surface area contributed by atoms with Crippen LogP contribution in [0.5, 0.6) is 5.75 Å². The fourth-order valence-electron chi connectivity index (χ4n) is 3.88. The molecule has 4 nitrogen and oxygen atoms in total. The molecule has 1 unspecified atom stereocenters. The molecule has 0 N–H and O–H groups in total. The standard InChI is InChI=1S/C25H26O4/c1-2-27-24(26)25(13-6-14-29-25)17-20-9-10-22-16-23(12-11-21(22)15-20)28-18-19-7-4-3-5-8-19/h3-5,7-12,15-16H,2,6,13-14,17-18H2,1H3. The van der Waals surface area contributed by atoms with E-state index in [9.17, 15) is 4.79 Å². The van der Waals surface area contributed by atoms with Gasteiger partial charge in [0, 0.05) is 13.0 Å². The average molecular weight is 390 g/mol. The predicted molar refractivity (Wildman–Crippen MR) is 113 cm³/mol. The van der Waals surface area contributed by atoms with Crippen molar-refractivity contribution in [3.05, 3.63) is 77.9 Å². The van der Waals surface area contributed by atoms with Crippen LogP contribution in [0.2, 0.25) is 0 Å². The molecule has 1 atom stereocenters. The van der Waals surface area contributed by atoms with Crippen LogP contribution in [0.1, 0.15) is 30.9 Å². The minimum atomic E-state index is -0.845. The molecular formula is C25H26O4. The summed E-state index contributed by atoms with van der Waals surface area (Å²) in [7, 11) is 0. The Bertz CT molecular complexity index is 975. The first-order valence-corrected chi connectivity index (χ1v) is 10.2. The SMILES string of the molecule is CCOC(=O)C1(Cc2ccc3cc(OCc4ccccc4)ccc3c2)CCCO1. The third-order valence-electron chi connectivity index (χ3n) is 5.36. The van der Waals surface area contributed by atoms with Crippen LogP contribution in [0.25, 0.3) is 10.8 Å². The molecule has 1 heterocycles. The van der Waals surface area contributed by atoms with E-state index in [1.54, 1.807) is 0 Å². The summed E-state index contributed by atoms with van der Waals surface area (Å²) in [5, 5.41) is 2.23. The van der Waals surface area contributed by atoms with Gasteiger partial charge in [-0.3, -0.25) is 0 Å². The van der Waals surface area contributed by atoms with Crippen LogP contribution in [-0.2, 0) is 27.3 Å². The summed E-state index contributed by atoms with van der Waals surface area (Å²) in [5.74, 6) is 0.596. The Morgan fingerprint density at radius 1 is 1.00 bits per heavy atom. The van der Waals surface area contributed by atoms with E-state index in [1.165, 1.54) is 0 Å². The van der Waals surface area contributed by atoms with Gasteiger partial charge in [0.1, 0.15) is 12.4 Å². The number of carbonyl (C=O) groups excluding carboxylic acids is 1. The molecule has 4 heteroatoms. The summed E-state index contributed by atoms with van der Waals surface area (Å²) >= 11 is 0. The second-order valence-electron chi connectivity index (χ2n) is 7.46. The van der Waals surface area contributed by atoms with E-state index in [1.807, 2.05) is 31.2 Å². The Balaban J connectivity index is 1.50. The fraction of sp³-hybridized carbons (Fsp3) is 0.320. The molecule has 1 aliphatic rings. The third-order valence-corrected chi connectivity index (χ3v) is 5.36. The number of rotatable bonds is 7. The van der Waals surface area contributed by atoms with Gasteiger partial charge in [-0.15, -0.1) is 0 Å². The minimum Gasteiger partial charge on any atom is -0.489 e. The van der Waals surface area contributed by atoms with Crippen molar-refractivity contribution in [2.45, 2.75) is 38.4 Å². The van der Waals surface area contributed by atoms with Crippen LogP contribution >= 0.6 is 0 Å². The highest BCUT2D eigenvalue weighted by Crippen LogP contribution is 2.32. The van der Waals surface area contributed by atoms with Crippen LogP contribution < -0.4 is 4.74 Å². The van der Waals surface area contributed by atoms with E-state index in [0.29, 0.717) is 32.7 Å². The predicted octanol–water partition coefficient (Wildman–Crippen LogP) is 5.07.